The molecule has 1 aromatic carbocycles. The summed E-state index contributed by atoms with van der Waals surface area (Å²) < 4.78 is 10.4. The van der Waals surface area contributed by atoms with Crippen LogP contribution in [0.25, 0.3) is 0 Å². The standard InChI is InChI=1S/C20H32N4O2.HI/c1-5-16-26-19-9-7-18(8-10-19)11-12-22-20(21-2)23-13-15-24(3)14-6-17-25-4;/h1,7-10H,6,11-17H2,2-4H3,(H2,21,22,23);1H. The first kappa shape index (κ1) is 25.5. The maximum atomic E-state index is 5.37. The fourth-order valence-electron chi connectivity index (χ4n) is 2.38. The first-order valence-corrected chi connectivity index (χ1v) is 8.96. The average molecular weight is 488 g/mol. The van der Waals surface area contributed by atoms with Crippen molar-refractivity contribution in [3.8, 4) is 18.1 Å². The molecule has 152 valence electrons. The number of nitrogens with one attached hydrogen (secondary N) is 2. The fraction of sp³-hybridized carbons (Fsp3) is 0.550. The van der Waals surface area contributed by atoms with Crippen molar-refractivity contribution >= 4 is 29.9 Å². The van der Waals surface area contributed by atoms with E-state index in [-0.39, 0.29) is 24.0 Å². The number of methoxy groups -OCH3 is 1. The Kier molecular flexibility index (Phi) is 15.7. The van der Waals surface area contributed by atoms with Crippen molar-refractivity contribution in [3.63, 3.8) is 0 Å². The highest BCUT2D eigenvalue weighted by atomic mass is 127. The molecule has 0 aliphatic heterocycles. The molecule has 6 nitrogen and oxygen atoms in total. The van der Waals surface area contributed by atoms with Crippen LogP contribution in [0.4, 0.5) is 0 Å². The number of halogens is 1. The molecule has 0 heterocycles. The van der Waals surface area contributed by atoms with Gasteiger partial charge in [-0.3, -0.25) is 4.99 Å². The molecule has 0 saturated heterocycles. The summed E-state index contributed by atoms with van der Waals surface area (Å²) >= 11 is 0. The summed E-state index contributed by atoms with van der Waals surface area (Å²) in [5.74, 6) is 4.08. The Balaban J connectivity index is 0.00000676. The zero-order valence-electron chi connectivity index (χ0n) is 16.7. The quantitative estimate of drug-likeness (QED) is 0.155. The van der Waals surface area contributed by atoms with Crippen molar-refractivity contribution in [2.75, 3.05) is 60.6 Å². The van der Waals surface area contributed by atoms with Crippen LogP contribution in [-0.4, -0.2) is 71.5 Å². The summed E-state index contributed by atoms with van der Waals surface area (Å²) in [6, 6.07) is 8.00. The van der Waals surface area contributed by atoms with Gasteiger partial charge in [-0.15, -0.1) is 30.4 Å². The molecule has 0 amide bonds. The van der Waals surface area contributed by atoms with Gasteiger partial charge in [0.05, 0.1) is 0 Å². The third-order valence-electron chi connectivity index (χ3n) is 3.85. The second-order valence-electron chi connectivity index (χ2n) is 5.96. The summed E-state index contributed by atoms with van der Waals surface area (Å²) in [5, 5.41) is 6.67. The van der Waals surface area contributed by atoms with Crippen molar-refractivity contribution in [3.05, 3.63) is 29.8 Å². The lowest BCUT2D eigenvalue weighted by atomic mass is 10.1. The molecule has 1 aromatic rings. The normalized spacial score (nSPS) is 10.9. The lowest BCUT2D eigenvalue weighted by molar-refractivity contribution is 0.180. The monoisotopic (exact) mass is 488 g/mol. The predicted octanol–water partition coefficient (Wildman–Crippen LogP) is 1.99. The third-order valence-corrected chi connectivity index (χ3v) is 3.85. The topological polar surface area (TPSA) is 58.1 Å². The van der Waals surface area contributed by atoms with Crippen molar-refractivity contribution in [1.82, 2.24) is 15.5 Å². The van der Waals surface area contributed by atoms with E-state index in [1.807, 2.05) is 12.1 Å². The number of rotatable bonds is 12. The first-order valence-electron chi connectivity index (χ1n) is 8.96. The van der Waals surface area contributed by atoms with Gasteiger partial charge in [-0.1, -0.05) is 18.1 Å². The number of guanidine groups is 1. The van der Waals surface area contributed by atoms with Crippen LogP contribution in [0.3, 0.4) is 0 Å². The van der Waals surface area contributed by atoms with Gasteiger partial charge in [-0.05, 0) is 37.6 Å². The van der Waals surface area contributed by atoms with Crippen molar-refractivity contribution in [2.45, 2.75) is 12.8 Å². The zero-order valence-corrected chi connectivity index (χ0v) is 19.0. The predicted molar refractivity (Wildman–Crippen MR) is 123 cm³/mol. The summed E-state index contributed by atoms with van der Waals surface area (Å²) in [4.78, 5) is 6.54. The molecule has 0 atom stereocenters. The van der Waals surface area contributed by atoms with Crippen LogP contribution < -0.4 is 15.4 Å². The number of benzene rings is 1. The Hall–Kier alpha value is -1.50. The van der Waals surface area contributed by atoms with Crippen LogP contribution in [0.1, 0.15) is 12.0 Å². The van der Waals surface area contributed by atoms with Gasteiger partial charge < -0.3 is 25.0 Å². The van der Waals surface area contributed by atoms with E-state index in [0.717, 1.165) is 57.3 Å². The van der Waals surface area contributed by atoms with Crippen LogP contribution in [0.15, 0.2) is 29.3 Å². The van der Waals surface area contributed by atoms with E-state index in [9.17, 15) is 0 Å². The van der Waals surface area contributed by atoms with E-state index in [4.69, 9.17) is 15.9 Å². The fourth-order valence-corrected chi connectivity index (χ4v) is 2.38. The Morgan fingerprint density at radius 1 is 1.19 bits per heavy atom. The molecule has 1 rings (SSSR count). The van der Waals surface area contributed by atoms with Crippen LogP contribution in [-0.2, 0) is 11.2 Å². The number of likely N-dealkylation sites (N-methyl/N-ethyl adjacent to an activating group) is 1. The maximum absolute atomic E-state index is 5.37. The molecule has 0 aliphatic carbocycles. The molecule has 0 unspecified atom stereocenters. The molecule has 0 radical (unpaired) electrons. The summed E-state index contributed by atoms with van der Waals surface area (Å²) in [6.45, 7) is 4.76. The average Bonchev–Trinajstić information content (AvgIpc) is 2.66. The highest BCUT2D eigenvalue weighted by Gasteiger charge is 2.01. The van der Waals surface area contributed by atoms with Gasteiger partial charge in [0.1, 0.15) is 12.4 Å². The molecule has 0 aliphatic rings. The summed E-state index contributed by atoms with van der Waals surface area (Å²) in [6.07, 6.45) is 7.14. The molecular formula is C20H33IN4O2. The van der Waals surface area contributed by atoms with Gasteiger partial charge in [0.2, 0.25) is 0 Å². The number of aliphatic imine (C=N–C) groups is 1. The van der Waals surface area contributed by atoms with Crippen LogP contribution in [0.5, 0.6) is 5.75 Å². The van der Waals surface area contributed by atoms with Crippen LogP contribution in [0.2, 0.25) is 0 Å². The first-order chi connectivity index (χ1) is 12.7. The largest absolute Gasteiger partial charge is 0.481 e. The highest BCUT2D eigenvalue weighted by molar-refractivity contribution is 14.0. The maximum Gasteiger partial charge on any atom is 0.191 e. The third kappa shape index (κ3) is 12.5. The summed E-state index contributed by atoms with van der Waals surface area (Å²) in [7, 11) is 5.64. The number of ether oxygens (including phenoxy) is 2. The lowest BCUT2D eigenvalue weighted by Crippen LogP contribution is -2.41. The molecule has 0 bridgehead atoms. The number of hydrogen-bond donors (Lipinski definition) is 2. The van der Waals surface area contributed by atoms with Gasteiger partial charge in [0.25, 0.3) is 0 Å². The van der Waals surface area contributed by atoms with Gasteiger partial charge in [-0.2, -0.15) is 0 Å². The Labute approximate surface area is 181 Å². The number of terminal acetylenes is 1. The Morgan fingerprint density at radius 2 is 1.89 bits per heavy atom. The number of hydrogen-bond acceptors (Lipinski definition) is 4. The molecule has 0 aromatic heterocycles. The molecular weight excluding hydrogens is 455 g/mol. The minimum Gasteiger partial charge on any atom is -0.481 e. The minimum atomic E-state index is 0. The van der Waals surface area contributed by atoms with Gasteiger partial charge >= 0.3 is 0 Å². The van der Waals surface area contributed by atoms with E-state index >= 15 is 0 Å². The van der Waals surface area contributed by atoms with Gasteiger partial charge in [0, 0.05) is 46.9 Å². The number of nitrogens with zero attached hydrogens (tertiary/aromatic N) is 2. The zero-order chi connectivity index (χ0) is 19.0. The van der Waals surface area contributed by atoms with E-state index in [2.05, 4.69) is 45.6 Å². The van der Waals surface area contributed by atoms with E-state index < -0.39 is 0 Å². The van der Waals surface area contributed by atoms with E-state index in [1.165, 1.54) is 5.56 Å². The smallest absolute Gasteiger partial charge is 0.191 e. The molecule has 7 heteroatoms. The van der Waals surface area contributed by atoms with Gasteiger partial charge in [-0.25, -0.2) is 0 Å². The van der Waals surface area contributed by atoms with Crippen LogP contribution >= 0.6 is 24.0 Å². The Morgan fingerprint density at radius 3 is 2.52 bits per heavy atom. The van der Waals surface area contributed by atoms with Crippen molar-refractivity contribution in [1.29, 1.82) is 0 Å². The van der Waals surface area contributed by atoms with Crippen LogP contribution in [0, 0.1) is 12.3 Å². The van der Waals surface area contributed by atoms with E-state index in [0.29, 0.717) is 6.61 Å². The SMILES string of the molecule is C#CCOc1ccc(CCNC(=NC)NCCN(C)CCCOC)cc1.I. The second kappa shape index (κ2) is 16.7. The highest BCUT2D eigenvalue weighted by Crippen LogP contribution is 2.12. The summed E-state index contributed by atoms with van der Waals surface area (Å²) in [5.41, 5.74) is 1.24. The van der Waals surface area contributed by atoms with Crippen molar-refractivity contribution < 1.29 is 9.47 Å². The molecule has 0 fully saturated rings. The van der Waals surface area contributed by atoms with Gasteiger partial charge in [0.15, 0.2) is 5.96 Å². The molecule has 2 N–H and O–H groups in total. The lowest BCUT2D eigenvalue weighted by Gasteiger charge is -2.18. The Bertz CT molecular complexity index is 558. The molecule has 0 spiro atoms. The molecule has 27 heavy (non-hydrogen) atoms. The van der Waals surface area contributed by atoms with Crippen molar-refractivity contribution in [2.24, 2.45) is 4.99 Å². The van der Waals surface area contributed by atoms with E-state index in [1.54, 1.807) is 14.2 Å². The minimum absolute atomic E-state index is 0. The second-order valence-corrected chi connectivity index (χ2v) is 5.96. The molecule has 0 saturated carbocycles.